The molecule has 0 unspecified atom stereocenters. The summed E-state index contributed by atoms with van der Waals surface area (Å²) in [6.07, 6.45) is 2.44. The van der Waals surface area contributed by atoms with E-state index in [1.54, 1.807) is 0 Å². The van der Waals surface area contributed by atoms with Gasteiger partial charge in [0.2, 0.25) is 0 Å². The van der Waals surface area contributed by atoms with Gasteiger partial charge in [0.1, 0.15) is 11.6 Å². The number of ether oxygens (including phenoxy) is 1. The molecule has 1 saturated heterocycles. The molecule has 1 heterocycles. The SMILES string of the molecule is COCc1ccc(F)c(CC2CCNCC2)c1F. The van der Waals surface area contributed by atoms with Crippen molar-refractivity contribution in [3.63, 3.8) is 0 Å². The molecule has 1 fully saturated rings. The first kappa shape index (κ1) is 13.4. The predicted octanol–water partition coefficient (Wildman–Crippen LogP) is 2.65. The smallest absolute Gasteiger partial charge is 0.134 e. The molecule has 100 valence electrons. The van der Waals surface area contributed by atoms with Gasteiger partial charge in [0.25, 0.3) is 0 Å². The molecule has 1 N–H and O–H groups in total. The molecule has 1 aliphatic rings. The van der Waals surface area contributed by atoms with Gasteiger partial charge < -0.3 is 10.1 Å². The summed E-state index contributed by atoms with van der Waals surface area (Å²) in [4.78, 5) is 0. The molecule has 2 rings (SSSR count). The molecule has 0 radical (unpaired) electrons. The summed E-state index contributed by atoms with van der Waals surface area (Å²) in [6.45, 7) is 2.06. The van der Waals surface area contributed by atoms with Crippen molar-refractivity contribution < 1.29 is 13.5 Å². The molecule has 4 heteroatoms. The number of methoxy groups -OCH3 is 1. The van der Waals surface area contributed by atoms with E-state index in [1.807, 2.05) is 0 Å². The van der Waals surface area contributed by atoms with Crippen LogP contribution in [0.2, 0.25) is 0 Å². The van der Waals surface area contributed by atoms with E-state index in [0.29, 0.717) is 17.9 Å². The minimum Gasteiger partial charge on any atom is -0.380 e. The quantitative estimate of drug-likeness (QED) is 0.893. The molecular formula is C14H19F2NO. The lowest BCUT2D eigenvalue weighted by Crippen LogP contribution is -2.29. The summed E-state index contributed by atoms with van der Waals surface area (Å²) >= 11 is 0. The maximum Gasteiger partial charge on any atom is 0.134 e. The second-order valence-electron chi connectivity index (χ2n) is 4.83. The van der Waals surface area contributed by atoms with Crippen molar-refractivity contribution in [3.8, 4) is 0 Å². The van der Waals surface area contributed by atoms with Gasteiger partial charge in [0.05, 0.1) is 6.61 Å². The van der Waals surface area contributed by atoms with Crippen molar-refractivity contribution in [1.29, 1.82) is 0 Å². The summed E-state index contributed by atoms with van der Waals surface area (Å²) in [7, 11) is 1.51. The highest BCUT2D eigenvalue weighted by Gasteiger charge is 2.20. The van der Waals surface area contributed by atoms with Crippen LogP contribution in [0, 0.1) is 17.6 Å². The molecule has 0 saturated carbocycles. The van der Waals surface area contributed by atoms with Gasteiger partial charge in [-0.15, -0.1) is 0 Å². The third-order valence-electron chi connectivity index (χ3n) is 3.52. The summed E-state index contributed by atoms with van der Waals surface area (Å²) in [6, 6.07) is 2.80. The topological polar surface area (TPSA) is 21.3 Å². The van der Waals surface area contributed by atoms with E-state index in [-0.39, 0.29) is 12.2 Å². The Kier molecular flexibility index (Phi) is 4.66. The molecule has 1 aromatic carbocycles. The molecule has 0 aliphatic carbocycles. The van der Waals surface area contributed by atoms with E-state index < -0.39 is 11.6 Å². The Morgan fingerprint density at radius 2 is 2.00 bits per heavy atom. The third-order valence-corrected chi connectivity index (χ3v) is 3.52. The molecule has 1 aliphatic heterocycles. The van der Waals surface area contributed by atoms with E-state index in [9.17, 15) is 8.78 Å². The number of hydrogen-bond acceptors (Lipinski definition) is 2. The lowest BCUT2D eigenvalue weighted by atomic mass is 9.90. The van der Waals surface area contributed by atoms with Gasteiger partial charge >= 0.3 is 0 Å². The molecule has 0 amide bonds. The number of halogens is 2. The Hall–Kier alpha value is -1.00. The summed E-state index contributed by atoms with van der Waals surface area (Å²) in [5.74, 6) is -0.505. The maximum absolute atomic E-state index is 14.1. The zero-order valence-corrected chi connectivity index (χ0v) is 10.6. The Balaban J connectivity index is 2.17. The molecule has 0 bridgehead atoms. The summed E-state index contributed by atoms with van der Waals surface area (Å²) in [5, 5.41) is 3.25. The Labute approximate surface area is 106 Å². The molecule has 2 nitrogen and oxygen atoms in total. The lowest BCUT2D eigenvalue weighted by molar-refractivity contribution is 0.181. The second-order valence-corrected chi connectivity index (χ2v) is 4.83. The zero-order chi connectivity index (χ0) is 13.0. The number of piperidine rings is 1. The highest BCUT2D eigenvalue weighted by Crippen LogP contribution is 2.24. The third kappa shape index (κ3) is 3.06. The van der Waals surface area contributed by atoms with Gasteiger partial charge in [-0.2, -0.15) is 0 Å². The fourth-order valence-corrected chi connectivity index (χ4v) is 2.47. The Morgan fingerprint density at radius 1 is 1.28 bits per heavy atom. The minimum absolute atomic E-state index is 0.186. The standard InChI is InChI=1S/C14H19F2NO/c1-18-9-11-2-3-13(15)12(14(11)16)8-10-4-6-17-7-5-10/h2-3,10,17H,4-9H2,1H3. The maximum atomic E-state index is 14.1. The van der Waals surface area contributed by atoms with Crippen molar-refractivity contribution in [2.45, 2.75) is 25.9 Å². The van der Waals surface area contributed by atoms with Crippen LogP contribution in [0.15, 0.2) is 12.1 Å². The Morgan fingerprint density at radius 3 is 2.67 bits per heavy atom. The van der Waals surface area contributed by atoms with Crippen molar-refractivity contribution in [1.82, 2.24) is 5.32 Å². The van der Waals surface area contributed by atoms with Crippen LogP contribution in [0.3, 0.4) is 0 Å². The highest BCUT2D eigenvalue weighted by atomic mass is 19.1. The van der Waals surface area contributed by atoms with Crippen LogP contribution in [0.5, 0.6) is 0 Å². The molecule has 1 aromatic rings. The van der Waals surface area contributed by atoms with Crippen molar-refractivity contribution >= 4 is 0 Å². The van der Waals surface area contributed by atoms with Crippen LogP contribution >= 0.6 is 0 Å². The molecule has 0 spiro atoms. The molecule has 0 atom stereocenters. The van der Waals surface area contributed by atoms with E-state index in [1.165, 1.54) is 19.2 Å². The van der Waals surface area contributed by atoms with E-state index in [4.69, 9.17) is 4.74 Å². The van der Waals surface area contributed by atoms with E-state index in [2.05, 4.69) is 5.32 Å². The van der Waals surface area contributed by atoms with Crippen LogP contribution in [0.25, 0.3) is 0 Å². The van der Waals surface area contributed by atoms with Crippen molar-refractivity contribution in [2.24, 2.45) is 5.92 Å². The summed E-state index contributed by atoms with van der Waals surface area (Å²) < 4.78 is 32.8. The largest absolute Gasteiger partial charge is 0.380 e. The van der Waals surface area contributed by atoms with Gasteiger partial charge in [0, 0.05) is 18.2 Å². The lowest BCUT2D eigenvalue weighted by Gasteiger charge is -2.23. The molecule has 18 heavy (non-hydrogen) atoms. The van der Waals surface area contributed by atoms with Gasteiger partial charge in [-0.3, -0.25) is 0 Å². The molecular weight excluding hydrogens is 236 g/mol. The fourth-order valence-electron chi connectivity index (χ4n) is 2.47. The second kappa shape index (κ2) is 6.25. The van der Waals surface area contributed by atoms with Gasteiger partial charge in [-0.05, 0) is 44.3 Å². The van der Waals surface area contributed by atoms with Gasteiger partial charge in [-0.1, -0.05) is 6.07 Å². The first-order valence-electron chi connectivity index (χ1n) is 6.37. The highest BCUT2D eigenvalue weighted by molar-refractivity contribution is 5.27. The first-order valence-corrected chi connectivity index (χ1v) is 6.37. The number of benzene rings is 1. The Bertz CT molecular complexity index is 403. The van der Waals surface area contributed by atoms with Crippen molar-refractivity contribution in [2.75, 3.05) is 20.2 Å². The molecule has 0 aromatic heterocycles. The van der Waals surface area contributed by atoms with Crippen LogP contribution in [-0.2, 0) is 17.8 Å². The van der Waals surface area contributed by atoms with E-state index >= 15 is 0 Å². The number of hydrogen-bond donors (Lipinski definition) is 1. The van der Waals surface area contributed by atoms with Crippen LogP contribution < -0.4 is 5.32 Å². The first-order chi connectivity index (χ1) is 8.72. The minimum atomic E-state index is -0.439. The number of rotatable bonds is 4. The summed E-state index contributed by atoms with van der Waals surface area (Å²) in [5.41, 5.74) is 0.652. The van der Waals surface area contributed by atoms with Gasteiger partial charge in [0.15, 0.2) is 0 Å². The predicted molar refractivity (Wildman–Crippen MR) is 66.4 cm³/mol. The van der Waals surface area contributed by atoms with Crippen LogP contribution in [0.4, 0.5) is 8.78 Å². The van der Waals surface area contributed by atoms with Crippen LogP contribution in [-0.4, -0.2) is 20.2 Å². The van der Waals surface area contributed by atoms with E-state index in [0.717, 1.165) is 25.9 Å². The average Bonchev–Trinajstić information content (AvgIpc) is 2.39. The van der Waals surface area contributed by atoms with Crippen LogP contribution in [0.1, 0.15) is 24.0 Å². The zero-order valence-electron chi connectivity index (χ0n) is 10.6. The fraction of sp³-hybridized carbons (Fsp3) is 0.571. The van der Waals surface area contributed by atoms with Crippen molar-refractivity contribution in [3.05, 3.63) is 34.9 Å². The normalized spacial score (nSPS) is 17.1. The monoisotopic (exact) mass is 255 g/mol. The number of nitrogens with one attached hydrogen (secondary N) is 1. The average molecular weight is 255 g/mol. The van der Waals surface area contributed by atoms with Gasteiger partial charge in [-0.25, -0.2) is 8.78 Å².